The van der Waals surface area contributed by atoms with Gasteiger partial charge in [-0.05, 0) is 31.7 Å². The standard InChI is InChI=1S/C9H16ClNO/c10-8-3-7(4-8)5-11-9-1-2-12-6-9/h7-9,11H,1-6H2. The zero-order valence-electron chi connectivity index (χ0n) is 7.26. The number of halogens is 1. The van der Waals surface area contributed by atoms with Crippen molar-refractivity contribution in [3.8, 4) is 0 Å². The molecule has 3 heteroatoms. The SMILES string of the molecule is ClC1CC(CNC2CCOC2)C1. The van der Waals surface area contributed by atoms with Crippen molar-refractivity contribution in [1.82, 2.24) is 5.32 Å². The first-order chi connectivity index (χ1) is 5.84. The molecule has 1 aliphatic heterocycles. The van der Waals surface area contributed by atoms with E-state index < -0.39 is 0 Å². The maximum absolute atomic E-state index is 5.89. The Bertz CT molecular complexity index is 141. The Morgan fingerprint density at radius 1 is 1.42 bits per heavy atom. The van der Waals surface area contributed by atoms with Gasteiger partial charge in [-0.3, -0.25) is 0 Å². The second kappa shape index (κ2) is 3.95. The number of alkyl halides is 1. The first-order valence-corrected chi connectivity index (χ1v) is 5.23. The predicted octanol–water partition coefficient (Wildman–Crippen LogP) is 1.38. The summed E-state index contributed by atoms with van der Waals surface area (Å²) in [6.45, 7) is 2.97. The third-order valence-corrected chi connectivity index (χ3v) is 3.16. The highest BCUT2D eigenvalue weighted by molar-refractivity contribution is 6.21. The Kier molecular flexibility index (Phi) is 2.89. The van der Waals surface area contributed by atoms with Crippen LogP contribution in [0.1, 0.15) is 19.3 Å². The lowest BCUT2D eigenvalue weighted by atomic mass is 9.85. The van der Waals surface area contributed by atoms with Crippen molar-refractivity contribution in [1.29, 1.82) is 0 Å². The molecule has 2 rings (SSSR count). The maximum Gasteiger partial charge on any atom is 0.0620 e. The van der Waals surface area contributed by atoms with Gasteiger partial charge in [-0.1, -0.05) is 0 Å². The molecule has 0 spiro atoms. The molecular weight excluding hydrogens is 174 g/mol. The molecule has 12 heavy (non-hydrogen) atoms. The molecule has 1 aliphatic carbocycles. The third-order valence-electron chi connectivity index (χ3n) is 2.80. The molecule has 1 heterocycles. The lowest BCUT2D eigenvalue weighted by Crippen LogP contribution is -2.38. The van der Waals surface area contributed by atoms with Crippen molar-refractivity contribution < 1.29 is 4.74 Å². The first kappa shape index (κ1) is 8.79. The van der Waals surface area contributed by atoms with Crippen LogP contribution in [0.5, 0.6) is 0 Å². The second-order valence-electron chi connectivity index (χ2n) is 3.90. The van der Waals surface area contributed by atoms with Gasteiger partial charge >= 0.3 is 0 Å². The number of nitrogens with one attached hydrogen (secondary N) is 1. The van der Waals surface area contributed by atoms with E-state index in [4.69, 9.17) is 16.3 Å². The Morgan fingerprint density at radius 2 is 2.25 bits per heavy atom. The molecule has 2 fully saturated rings. The highest BCUT2D eigenvalue weighted by Gasteiger charge is 2.27. The van der Waals surface area contributed by atoms with Gasteiger partial charge in [-0.15, -0.1) is 11.6 Å². The fourth-order valence-corrected chi connectivity index (χ4v) is 2.35. The number of ether oxygens (including phenoxy) is 1. The Morgan fingerprint density at radius 3 is 2.83 bits per heavy atom. The molecule has 0 aromatic rings. The van der Waals surface area contributed by atoms with Crippen LogP contribution >= 0.6 is 11.6 Å². The van der Waals surface area contributed by atoms with Gasteiger partial charge in [0.05, 0.1) is 6.61 Å². The van der Waals surface area contributed by atoms with Gasteiger partial charge in [0, 0.05) is 18.0 Å². The fraction of sp³-hybridized carbons (Fsp3) is 1.00. The Balaban J connectivity index is 1.56. The highest BCUT2D eigenvalue weighted by Crippen LogP contribution is 2.31. The van der Waals surface area contributed by atoms with Crippen molar-refractivity contribution >= 4 is 11.6 Å². The lowest BCUT2D eigenvalue weighted by Gasteiger charge is -2.31. The predicted molar refractivity (Wildman–Crippen MR) is 49.6 cm³/mol. The van der Waals surface area contributed by atoms with Gasteiger partial charge in [0.2, 0.25) is 0 Å². The summed E-state index contributed by atoms with van der Waals surface area (Å²) < 4.78 is 5.27. The van der Waals surface area contributed by atoms with Crippen LogP contribution in [0.15, 0.2) is 0 Å². The minimum absolute atomic E-state index is 0.455. The van der Waals surface area contributed by atoms with Gasteiger partial charge in [-0.2, -0.15) is 0 Å². The smallest absolute Gasteiger partial charge is 0.0620 e. The van der Waals surface area contributed by atoms with Crippen LogP contribution in [0.4, 0.5) is 0 Å². The summed E-state index contributed by atoms with van der Waals surface area (Å²) in [7, 11) is 0. The molecule has 0 aromatic carbocycles. The van der Waals surface area contributed by atoms with Crippen LogP contribution in [0, 0.1) is 5.92 Å². The van der Waals surface area contributed by atoms with Crippen molar-refractivity contribution in [2.45, 2.75) is 30.7 Å². The van der Waals surface area contributed by atoms with E-state index >= 15 is 0 Å². The molecule has 0 radical (unpaired) electrons. The van der Waals surface area contributed by atoms with Gasteiger partial charge in [0.15, 0.2) is 0 Å². The van der Waals surface area contributed by atoms with Gasteiger partial charge in [0.1, 0.15) is 0 Å². The minimum Gasteiger partial charge on any atom is -0.380 e. The first-order valence-electron chi connectivity index (χ1n) is 4.80. The molecular formula is C9H16ClNO. The summed E-state index contributed by atoms with van der Waals surface area (Å²) in [5.41, 5.74) is 0. The molecule has 2 nitrogen and oxygen atoms in total. The largest absolute Gasteiger partial charge is 0.380 e. The molecule has 0 aromatic heterocycles. The molecule has 2 aliphatic rings. The zero-order valence-corrected chi connectivity index (χ0v) is 8.02. The van der Waals surface area contributed by atoms with Crippen LogP contribution in [-0.4, -0.2) is 31.2 Å². The van der Waals surface area contributed by atoms with E-state index in [0.717, 1.165) is 25.7 Å². The Labute approximate surface area is 78.6 Å². The summed E-state index contributed by atoms with van der Waals surface area (Å²) in [6, 6.07) is 0.611. The topological polar surface area (TPSA) is 21.3 Å². The summed E-state index contributed by atoms with van der Waals surface area (Å²) in [5, 5.41) is 3.98. The van der Waals surface area contributed by atoms with Crippen molar-refractivity contribution in [2.75, 3.05) is 19.8 Å². The van der Waals surface area contributed by atoms with Crippen molar-refractivity contribution in [2.24, 2.45) is 5.92 Å². The van der Waals surface area contributed by atoms with E-state index in [1.807, 2.05) is 0 Å². The Hall–Kier alpha value is 0.210. The summed E-state index contributed by atoms with van der Waals surface area (Å²) in [6.07, 6.45) is 3.57. The third kappa shape index (κ3) is 2.12. The van der Waals surface area contributed by atoms with E-state index in [1.54, 1.807) is 0 Å². The lowest BCUT2D eigenvalue weighted by molar-refractivity contribution is 0.187. The quantitative estimate of drug-likeness (QED) is 0.678. The van der Waals surface area contributed by atoms with Gasteiger partial charge < -0.3 is 10.1 Å². The van der Waals surface area contributed by atoms with Crippen molar-refractivity contribution in [3.63, 3.8) is 0 Å². The molecule has 0 bridgehead atoms. The molecule has 0 amide bonds. The average Bonchev–Trinajstić information content (AvgIpc) is 2.47. The minimum atomic E-state index is 0.455. The number of hydrogen-bond donors (Lipinski definition) is 1. The zero-order chi connectivity index (χ0) is 8.39. The molecule has 1 unspecified atom stereocenters. The van der Waals surface area contributed by atoms with Crippen LogP contribution in [-0.2, 0) is 4.74 Å². The van der Waals surface area contributed by atoms with Gasteiger partial charge in [-0.25, -0.2) is 0 Å². The summed E-state index contributed by atoms with van der Waals surface area (Å²) in [5.74, 6) is 0.827. The molecule has 70 valence electrons. The highest BCUT2D eigenvalue weighted by atomic mass is 35.5. The number of hydrogen-bond acceptors (Lipinski definition) is 2. The van der Waals surface area contributed by atoms with Crippen LogP contribution in [0.3, 0.4) is 0 Å². The fourth-order valence-electron chi connectivity index (χ4n) is 1.85. The molecule has 1 atom stereocenters. The summed E-state index contributed by atoms with van der Waals surface area (Å²) >= 11 is 5.89. The summed E-state index contributed by atoms with van der Waals surface area (Å²) in [4.78, 5) is 0. The maximum atomic E-state index is 5.89. The van der Waals surface area contributed by atoms with Crippen molar-refractivity contribution in [3.05, 3.63) is 0 Å². The van der Waals surface area contributed by atoms with E-state index in [1.165, 1.54) is 19.3 Å². The monoisotopic (exact) mass is 189 g/mol. The molecule has 1 saturated carbocycles. The van der Waals surface area contributed by atoms with Crippen LogP contribution < -0.4 is 5.32 Å². The molecule has 1 saturated heterocycles. The van der Waals surface area contributed by atoms with E-state index in [0.29, 0.717) is 11.4 Å². The normalized spacial score (nSPS) is 41.2. The van der Waals surface area contributed by atoms with E-state index in [9.17, 15) is 0 Å². The number of rotatable bonds is 3. The molecule has 1 N–H and O–H groups in total. The van der Waals surface area contributed by atoms with E-state index in [2.05, 4.69) is 5.32 Å². The van der Waals surface area contributed by atoms with Crippen LogP contribution in [0.2, 0.25) is 0 Å². The van der Waals surface area contributed by atoms with Gasteiger partial charge in [0.25, 0.3) is 0 Å². The average molecular weight is 190 g/mol. The van der Waals surface area contributed by atoms with E-state index in [-0.39, 0.29) is 0 Å². The second-order valence-corrected chi connectivity index (χ2v) is 4.52. The van der Waals surface area contributed by atoms with Crippen LogP contribution in [0.25, 0.3) is 0 Å².